The van der Waals surface area contributed by atoms with Crippen molar-refractivity contribution in [2.45, 2.75) is 142 Å². The van der Waals surface area contributed by atoms with Crippen LogP contribution in [0.1, 0.15) is 129 Å². The highest BCUT2D eigenvalue weighted by molar-refractivity contribution is 5.70. The van der Waals surface area contributed by atoms with Crippen LogP contribution in [0.4, 0.5) is 0 Å². The number of carboxylic acids is 1. The molecule has 0 amide bonds. The first kappa shape index (κ1) is 53.0. The lowest BCUT2D eigenvalue weighted by atomic mass is 10.1. The van der Waals surface area contributed by atoms with Crippen LogP contribution in [-0.4, -0.2) is 75.5 Å². The number of carbonyl (C=O) groups excluding carboxylic acids is 3. The van der Waals surface area contributed by atoms with Gasteiger partial charge in [-0.25, -0.2) is 0 Å². The normalized spacial score (nSPS) is 14.1. The number of likely N-dealkylation sites (N-methyl/N-ethyl adjacent to an activating group) is 1. The molecule has 0 N–H and O–H groups in total. The Balaban J connectivity index is 4.54. The van der Waals surface area contributed by atoms with Crippen molar-refractivity contribution in [3.05, 3.63) is 109 Å². The van der Waals surface area contributed by atoms with E-state index in [1.165, 1.54) is 0 Å². The standard InChI is InChI=1S/C49H77NO7/c1-6-8-10-12-14-16-18-20-22-23-24-25-26-28-29-31-33-35-37-39-47(51)56-44-45(43-55-42-41-46(49(53)54)50(3,4)5)57-48(52)40-38-36-34-32-30-27-21-19-17-15-13-11-9-7-2/h8-11,14-17,20-22,24-25,27-29,33,35,45-46H,6-7,12-13,18-19,23,26,30-32,34,36-44H2,1-5H3/b10-8+,11-9+,16-14+,17-15+,22-20+,25-24+,27-21+,29-28+,35-33+. The second-order valence-electron chi connectivity index (χ2n) is 14.8. The average molecular weight is 792 g/mol. The van der Waals surface area contributed by atoms with Gasteiger partial charge in [-0.15, -0.1) is 0 Å². The molecule has 0 aliphatic rings. The van der Waals surface area contributed by atoms with Crippen LogP contribution in [0.15, 0.2) is 109 Å². The molecule has 2 unspecified atom stereocenters. The molecule has 0 saturated heterocycles. The van der Waals surface area contributed by atoms with Gasteiger partial charge >= 0.3 is 11.9 Å². The van der Waals surface area contributed by atoms with E-state index in [1.54, 1.807) is 21.1 Å². The first-order valence-electron chi connectivity index (χ1n) is 21.4. The van der Waals surface area contributed by atoms with E-state index in [0.29, 0.717) is 12.8 Å². The predicted molar refractivity (Wildman–Crippen MR) is 235 cm³/mol. The fourth-order valence-electron chi connectivity index (χ4n) is 5.40. The lowest BCUT2D eigenvalue weighted by molar-refractivity contribution is -0.889. The Labute approximate surface area is 347 Å². The number of esters is 2. The van der Waals surface area contributed by atoms with Crippen molar-refractivity contribution in [1.82, 2.24) is 0 Å². The van der Waals surface area contributed by atoms with Gasteiger partial charge in [-0.1, -0.05) is 136 Å². The van der Waals surface area contributed by atoms with E-state index in [-0.39, 0.29) is 55.5 Å². The molecule has 0 aliphatic carbocycles. The summed E-state index contributed by atoms with van der Waals surface area (Å²) in [5, 5.41) is 11.6. The summed E-state index contributed by atoms with van der Waals surface area (Å²) in [5.41, 5.74) is 0. The van der Waals surface area contributed by atoms with E-state index in [1.807, 2.05) is 12.2 Å². The van der Waals surface area contributed by atoms with Gasteiger partial charge in [-0.3, -0.25) is 9.59 Å². The quantitative estimate of drug-likeness (QED) is 0.0269. The molecule has 8 nitrogen and oxygen atoms in total. The second-order valence-corrected chi connectivity index (χ2v) is 14.8. The van der Waals surface area contributed by atoms with Gasteiger partial charge in [0.1, 0.15) is 12.6 Å². The smallest absolute Gasteiger partial charge is 0.306 e. The van der Waals surface area contributed by atoms with Gasteiger partial charge in [0.15, 0.2) is 6.10 Å². The van der Waals surface area contributed by atoms with E-state index in [2.05, 4.69) is 111 Å². The third-order valence-electron chi connectivity index (χ3n) is 8.67. The SMILES string of the molecule is CC/C=C/C/C=C/C/C=C/C/C=C/C/C=C/C/C=C/CCC(=O)OCC(COCCC(C(=O)[O-])[N+](C)(C)C)OC(=O)CCCCCC/C=C/C/C=C/C/C=C/CC. The highest BCUT2D eigenvalue weighted by Gasteiger charge is 2.25. The third-order valence-corrected chi connectivity index (χ3v) is 8.67. The summed E-state index contributed by atoms with van der Waals surface area (Å²) in [4.78, 5) is 36.8. The Morgan fingerprint density at radius 3 is 1.42 bits per heavy atom. The molecule has 0 aromatic rings. The summed E-state index contributed by atoms with van der Waals surface area (Å²) in [6.07, 6.45) is 52.7. The predicted octanol–water partition coefficient (Wildman–Crippen LogP) is 10.4. The zero-order valence-corrected chi connectivity index (χ0v) is 36.2. The highest BCUT2D eigenvalue weighted by Crippen LogP contribution is 2.11. The Hall–Kier alpha value is -4.01. The van der Waals surface area contributed by atoms with Gasteiger partial charge in [0.2, 0.25) is 0 Å². The monoisotopic (exact) mass is 792 g/mol. The molecule has 0 bridgehead atoms. The Morgan fingerprint density at radius 1 is 0.526 bits per heavy atom. The number of aliphatic carboxylic acids is 1. The Morgan fingerprint density at radius 2 is 0.965 bits per heavy atom. The minimum Gasteiger partial charge on any atom is -0.544 e. The topological polar surface area (TPSA) is 102 Å². The summed E-state index contributed by atoms with van der Waals surface area (Å²) in [6.45, 7) is 4.29. The van der Waals surface area contributed by atoms with Crippen molar-refractivity contribution in [2.24, 2.45) is 0 Å². The molecule has 57 heavy (non-hydrogen) atoms. The van der Waals surface area contributed by atoms with E-state index in [0.717, 1.165) is 83.5 Å². The number of unbranched alkanes of at least 4 members (excludes halogenated alkanes) is 4. The van der Waals surface area contributed by atoms with Crippen LogP contribution in [0.5, 0.6) is 0 Å². The summed E-state index contributed by atoms with van der Waals surface area (Å²) in [6, 6.07) is -0.747. The third kappa shape index (κ3) is 37.3. The number of carbonyl (C=O) groups is 3. The van der Waals surface area contributed by atoms with Gasteiger partial charge in [0, 0.05) is 19.3 Å². The van der Waals surface area contributed by atoms with Crippen molar-refractivity contribution in [1.29, 1.82) is 0 Å². The minimum atomic E-state index is -1.14. The molecule has 0 radical (unpaired) electrons. The number of quaternary nitrogens is 1. The molecule has 0 aliphatic heterocycles. The lowest BCUT2D eigenvalue weighted by Gasteiger charge is -2.34. The molecule has 320 valence electrons. The summed E-state index contributed by atoms with van der Waals surface area (Å²) in [5.74, 6) is -1.89. The van der Waals surface area contributed by atoms with Gasteiger partial charge < -0.3 is 28.6 Å². The van der Waals surface area contributed by atoms with Crippen LogP contribution in [0.3, 0.4) is 0 Å². The summed E-state index contributed by atoms with van der Waals surface area (Å²) in [7, 11) is 5.36. The van der Waals surface area contributed by atoms with E-state index >= 15 is 0 Å². The lowest BCUT2D eigenvalue weighted by Crippen LogP contribution is -2.55. The van der Waals surface area contributed by atoms with Crippen molar-refractivity contribution in [3.63, 3.8) is 0 Å². The molecule has 8 heteroatoms. The molecule has 0 aromatic carbocycles. The maximum atomic E-state index is 12.7. The number of allylic oxidation sites excluding steroid dienone is 18. The average Bonchev–Trinajstić information content (AvgIpc) is 3.17. The van der Waals surface area contributed by atoms with Gasteiger partial charge in [0.05, 0.1) is 40.3 Å². The molecule has 0 rings (SSSR count). The van der Waals surface area contributed by atoms with Crippen molar-refractivity contribution in [3.8, 4) is 0 Å². The number of hydrogen-bond donors (Lipinski definition) is 0. The Bertz CT molecular complexity index is 1290. The minimum absolute atomic E-state index is 0.0000443. The van der Waals surface area contributed by atoms with Crippen LogP contribution in [0, 0.1) is 0 Å². The first-order valence-corrected chi connectivity index (χ1v) is 21.4. The number of ether oxygens (including phenoxy) is 3. The van der Waals surface area contributed by atoms with Crippen molar-refractivity contribution < 1.29 is 38.2 Å². The van der Waals surface area contributed by atoms with Crippen LogP contribution in [0.25, 0.3) is 0 Å². The molecular weight excluding hydrogens is 715 g/mol. The number of rotatable bonds is 36. The molecule has 0 spiro atoms. The number of hydrogen-bond acceptors (Lipinski definition) is 7. The van der Waals surface area contributed by atoms with Crippen LogP contribution < -0.4 is 5.11 Å². The zero-order valence-electron chi connectivity index (χ0n) is 36.2. The second kappa shape index (κ2) is 38.8. The van der Waals surface area contributed by atoms with Crippen molar-refractivity contribution >= 4 is 17.9 Å². The molecule has 0 aromatic heterocycles. The molecular formula is C49H77NO7. The number of carboxylic acid groups (broad SMARTS) is 1. The van der Waals surface area contributed by atoms with Gasteiger partial charge in [0.25, 0.3) is 0 Å². The van der Waals surface area contributed by atoms with E-state index in [9.17, 15) is 19.5 Å². The van der Waals surface area contributed by atoms with Gasteiger partial charge in [-0.2, -0.15) is 0 Å². The number of nitrogens with zero attached hydrogens (tertiary/aromatic N) is 1. The van der Waals surface area contributed by atoms with E-state index in [4.69, 9.17) is 14.2 Å². The van der Waals surface area contributed by atoms with Crippen LogP contribution in [0.2, 0.25) is 0 Å². The molecule has 0 heterocycles. The highest BCUT2D eigenvalue weighted by atomic mass is 16.6. The van der Waals surface area contributed by atoms with Gasteiger partial charge in [-0.05, 0) is 83.5 Å². The van der Waals surface area contributed by atoms with Crippen LogP contribution >= 0.6 is 0 Å². The molecule has 0 fully saturated rings. The Kier molecular flexibility index (Phi) is 36.1. The zero-order chi connectivity index (χ0) is 42.1. The maximum Gasteiger partial charge on any atom is 0.306 e. The molecule has 0 saturated carbocycles. The maximum absolute atomic E-state index is 12.7. The fraction of sp³-hybridized carbons (Fsp3) is 0.571. The summed E-state index contributed by atoms with van der Waals surface area (Å²) >= 11 is 0. The van der Waals surface area contributed by atoms with E-state index < -0.39 is 18.1 Å². The first-order chi connectivity index (χ1) is 27.6. The summed E-state index contributed by atoms with van der Waals surface area (Å²) < 4.78 is 17.0. The largest absolute Gasteiger partial charge is 0.544 e. The van der Waals surface area contributed by atoms with Crippen molar-refractivity contribution in [2.75, 3.05) is 41.0 Å². The van der Waals surface area contributed by atoms with Crippen LogP contribution in [-0.2, 0) is 28.6 Å². The fourth-order valence-corrected chi connectivity index (χ4v) is 5.40. The molecule has 2 atom stereocenters.